The van der Waals surface area contributed by atoms with Gasteiger partial charge in [-0.1, -0.05) is 0 Å². The van der Waals surface area contributed by atoms with E-state index in [2.05, 4.69) is 0 Å². The second-order valence-electron chi connectivity index (χ2n) is 1.49. The van der Waals surface area contributed by atoms with Crippen molar-refractivity contribution in [2.75, 3.05) is 6.66 Å². The van der Waals surface area contributed by atoms with E-state index < -0.39 is 13.5 Å². The van der Waals surface area contributed by atoms with Crippen LogP contribution in [0.15, 0.2) is 0 Å². The Morgan fingerprint density at radius 1 is 1.75 bits per heavy atom. The van der Waals surface area contributed by atoms with E-state index in [9.17, 15) is 13.6 Å². The van der Waals surface area contributed by atoms with Crippen molar-refractivity contribution in [3.63, 3.8) is 0 Å². The highest BCUT2D eigenvalue weighted by Crippen LogP contribution is 2.36. The third-order valence-corrected chi connectivity index (χ3v) is 1.07. The Labute approximate surface area is 46.8 Å². The number of carbonyl (C=O) groups is 1. The lowest BCUT2D eigenvalue weighted by Gasteiger charge is -1.99. The Bertz CT molecular complexity index is 140. The zero-order chi connectivity index (χ0) is 6.78. The molecule has 1 unspecified atom stereocenters. The van der Waals surface area contributed by atoms with Crippen molar-refractivity contribution in [3.05, 3.63) is 0 Å². The minimum atomic E-state index is -3.82. The molecule has 0 aromatic heterocycles. The molecule has 0 aliphatic rings. The molecule has 3 nitrogen and oxygen atoms in total. The fourth-order valence-electron chi connectivity index (χ4n) is 0.281. The van der Waals surface area contributed by atoms with Gasteiger partial charge in [0.15, 0.2) is 0 Å². The lowest BCUT2D eigenvalue weighted by molar-refractivity contribution is -0.117. The molecule has 0 radical (unpaired) electrons. The van der Waals surface area contributed by atoms with Crippen LogP contribution in [0.3, 0.4) is 0 Å². The molecule has 0 aliphatic heterocycles. The van der Waals surface area contributed by atoms with Gasteiger partial charge in [0.2, 0.25) is 5.91 Å². The van der Waals surface area contributed by atoms with E-state index in [4.69, 9.17) is 0 Å². The van der Waals surface area contributed by atoms with Crippen LogP contribution in [-0.2, 0) is 9.36 Å². The monoisotopic (exact) mass is 139 g/mol. The van der Waals surface area contributed by atoms with Crippen molar-refractivity contribution >= 4 is 13.5 Å². The van der Waals surface area contributed by atoms with Crippen LogP contribution in [-0.4, -0.2) is 12.6 Å². The first-order chi connectivity index (χ1) is 3.42. The SMILES string of the molecule is CC(=O)NP(C)(=O)F. The fourth-order valence-corrected chi connectivity index (χ4v) is 0.844. The Balaban J connectivity index is 3.74. The van der Waals surface area contributed by atoms with Gasteiger partial charge in [-0.05, 0) is 0 Å². The predicted octanol–water partition coefficient (Wildman–Crippen LogP) is 0.915. The van der Waals surface area contributed by atoms with Crippen molar-refractivity contribution in [2.45, 2.75) is 6.92 Å². The minimum absolute atomic E-state index is 0.613. The molecule has 5 heteroatoms. The molecule has 0 aromatic carbocycles. The van der Waals surface area contributed by atoms with Crippen molar-refractivity contribution in [1.29, 1.82) is 0 Å². The molecule has 1 atom stereocenters. The van der Waals surface area contributed by atoms with Crippen molar-refractivity contribution in [1.82, 2.24) is 5.09 Å². The van der Waals surface area contributed by atoms with Crippen LogP contribution < -0.4 is 5.09 Å². The molecule has 1 amide bonds. The molecule has 48 valence electrons. The summed E-state index contributed by atoms with van der Waals surface area (Å²) in [6.45, 7) is 1.95. The molecule has 8 heavy (non-hydrogen) atoms. The molecule has 0 aliphatic carbocycles. The van der Waals surface area contributed by atoms with Crippen LogP contribution in [0.5, 0.6) is 0 Å². The van der Waals surface area contributed by atoms with Crippen LogP contribution in [0.4, 0.5) is 4.20 Å². The van der Waals surface area contributed by atoms with E-state index in [1.165, 1.54) is 0 Å². The number of nitrogens with one attached hydrogen (secondary N) is 1. The maximum Gasteiger partial charge on any atom is 0.330 e. The quantitative estimate of drug-likeness (QED) is 0.549. The third-order valence-electron chi connectivity index (χ3n) is 0.357. The Morgan fingerprint density at radius 3 is 2.12 bits per heavy atom. The summed E-state index contributed by atoms with van der Waals surface area (Å²) in [7, 11) is -3.82. The highest BCUT2D eigenvalue weighted by atomic mass is 31.2. The molecule has 0 saturated heterocycles. The summed E-state index contributed by atoms with van der Waals surface area (Å²) in [6.07, 6.45) is 0. The first-order valence-electron chi connectivity index (χ1n) is 1.98. The summed E-state index contributed by atoms with van der Waals surface area (Å²) in [5, 5.41) is 1.63. The van der Waals surface area contributed by atoms with Crippen molar-refractivity contribution in [3.8, 4) is 0 Å². The van der Waals surface area contributed by atoms with Crippen molar-refractivity contribution in [2.24, 2.45) is 0 Å². The molecule has 0 bridgehead atoms. The number of hydrogen-bond donors (Lipinski definition) is 1. The van der Waals surface area contributed by atoms with E-state index in [0.717, 1.165) is 13.6 Å². The lowest BCUT2D eigenvalue weighted by Crippen LogP contribution is -2.12. The summed E-state index contributed by atoms with van der Waals surface area (Å²) >= 11 is 0. The van der Waals surface area contributed by atoms with Gasteiger partial charge in [-0.15, -0.1) is 0 Å². The van der Waals surface area contributed by atoms with Gasteiger partial charge >= 0.3 is 7.60 Å². The van der Waals surface area contributed by atoms with Gasteiger partial charge < -0.3 is 0 Å². The molecule has 0 saturated carbocycles. The average Bonchev–Trinajstić information content (AvgIpc) is 1.21. The zero-order valence-corrected chi connectivity index (χ0v) is 5.54. The topological polar surface area (TPSA) is 46.2 Å². The predicted molar refractivity (Wildman–Crippen MR) is 28.5 cm³/mol. The van der Waals surface area contributed by atoms with Crippen LogP contribution in [0, 0.1) is 0 Å². The van der Waals surface area contributed by atoms with Crippen LogP contribution in [0.2, 0.25) is 0 Å². The average molecular weight is 139 g/mol. The van der Waals surface area contributed by atoms with E-state index in [1.54, 1.807) is 5.09 Å². The zero-order valence-electron chi connectivity index (χ0n) is 4.64. The highest BCUT2D eigenvalue weighted by Gasteiger charge is 2.11. The summed E-state index contributed by atoms with van der Waals surface area (Å²) in [4.78, 5) is 9.94. The second kappa shape index (κ2) is 2.27. The first-order valence-corrected chi connectivity index (χ1v) is 4.02. The maximum atomic E-state index is 11.9. The van der Waals surface area contributed by atoms with Crippen molar-refractivity contribution < 1.29 is 13.6 Å². The van der Waals surface area contributed by atoms with Gasteiger partial charge in [-0.25, -0.2) is 0 Å². The Hall–Kier alpha value is -0.370. The van der Waals surface area contributed by atoms with Crippen LogP contribution in [0.1, 0.15) is 6.92 Å². The molecule has 0 spiro atoms. The Morgan fingerprint density at radius 2 is 2.12 bits per heavy atom. The van der Waals surface area contributed by atoms with Crippen LogP contribution in [0.25, 0.3) is 0 Å². The van der Waals surface area contributed by atoms with Crippen LogP contribution >= 0.6 is 7.60 Å². The smallest absolute Gasteiger partial charge is 0.283 e. The number of rotatable bonds is 1. The normalized spacial score (nSPS) is 16.9. The molecular weight excluding hydrogens is 132 g/mol. The second-order valence-corrected chi connectivity index (χ2v) is 3.35. The number of halogens is 1. The highest BCUT2D eigenvalue weighted by molar-refractivity contribution is 7.56. The summed E-state index contributed by atoms with van der Waals surface area (Å²) in [5.41, 5.74) is 0. The fraction of sp³-hybridized carbons (Fsp3) is 0.667. The molecule has 0 aromatic rings. The third kappa shape index (κ3) is 5.63. The van der Waals surface area contributed by atoms with E-state index in [-0.39, 0.29) is 0 Å². The van der Waals surface area contributed by atoms with E-state index >= 15 is 0 Å². The van der Waals surface area contributed by atoms with Gasteiger partial charge in [-0.2, -0.15) is 4.20 Å². The first kappa shape index (κ1) is 7.63. The summed E-state index contributed by atoms with van der Waals surface area (Å²) < 4.78 is 21.9. The number of amides is 1. The largest absolute Gasteiger partial charge is 0.330 e. The standard InChI is InChI=1S/C3H7FNO2P/c1-3(6)5-8(2,4)7/h1-2H3,(H,5,6,7). The van der Waals surface area contributed by atoms with Gasteiger partial charge in [-0.3, -0.25) is 14.4 Å². The van der Waals surface area contributed by atoms with Gasteiger partial charge in [0.1, 0.15) is 0 Å². The maximum absolute atomic E-state index is 11.9. The lowest BCUT2D eigenvalue weighted by atomic mass is 10.8. The van der Waals surface area contributed by atoms with E-state index in [0.29, 0.717) is 0 Å². The van der Waals surface area contributed by atoms with Gasteiger partial charge in [0.25, 0.3) is 0 Å². The Kier molecular flexibility index (Phi) is 2.16. The molecule has 1 N–H and O–H groups in total. The molecule has 0 rings (SSSR count). The number of carbonyl (C=O) groups excluding carboxylic acids is 1. The van der Waals surface area contributed by atoms with Gasteiger partial charge in [0.05, 0.1) is 0 Å². The number of hydrogen-bond acceptors (Lipinski definition) is 2. The summed E-state index contributed by atoms with van der Waals surface area (Å²) in [5.74, 6) is -0.613. The minimum Gasteiger partial charge on any atom is -0.283 e. The van der Waals surface area contributed by atoms with E-state index in [1.807, 2.05) is 0 Å². The molecule has 0 heterocycles. The summed E-state index contributed by atoms with van der Waals surface area (Å²) in [6, 6.07) is 0. The van der Waals surface area contributed by atoms with Gasteiger partial charge in [0, 0.05) is 13.6 Å². The molecular formula is C3H7FNO2P. The molecule has 0 fully saturated rings.